The molecule has 2 nitrogen and oxygen atoms in total. The Morgan fingerprint density at radius 2 is 1.37 bits per heavy atom. The monoisotopic (exact) mass is 280 g/mol. The van der Waals surface area contributed by atoms with Crippen LogP contribution in [0.3, 0.4) is 0 Å². The molecule has 0 aromatic heterocycles. The molecule has 3 heteroatoms. The Morgan fingerprint density at radius 1 is 0.842 bits per heavy atom. The van der Waals surface area contributed by atoms with Gasteiger partial charge >= 0.3 is 0 Å². The molecule has 0 bridgehead atoms. The number of nitrogens with zero attached hydrogens (tertiary/aromatic N) is 2. The summed E-state index contributed by atoms with van der Waals surface area (Å²) in [6.07, 6.45) is 15.8. The number of hydrogen-bond donors (Lipinski definition) is 0. The molecule has 2 saturated heterocycles. The highest BCUT2D eigenvalue weighted by atomic mass is 28.1. The Morgan fingerprint density at radius 3 is 1.84 bits per heavy atom. The highest BCUT2D eigenvalue weighted by Crippen LogP contribution is 2.22. The van der Waals surface area contributed by atoms with Crippen LogP contribution in [0.15, 0.2) is 11.8 Å². The van der Waals surface area contributed by atoms with Crippen LogP contribution in [0.5, 0.6) is 0 Å². The molecule has 0 amide bonds. The fraction of sp³-hybridized carbons (Fsp3) is 0.875. The van der Waals surface area contributed by atoms with Crippen molar-refractivity contribution in [2.45, 2.75) is 64.0 Å². The Labute approximate surface area is 122 Å². The summed E-state index contributed by atoms with van der Waals surface area (Å²) >= 11 is 0. The van der Waals surface area contributed by atoms with Crippen LogP contribution in [0.1, 0.15) is 57.8 Å². The van der Waals surface area contributed by atoms with Crippen molar-refractivity contribution < 1.29 is 0 Å². The summed E-state index contributed by atoms with van der Waals surface area (Å²) in [6, 6.07) is 0. The maximum Gasteiger partial charge on any atom is 0.0622 e. The van der Waals surface area contributed by atoms with Crippen LogP contribution >= 0.6 is 0 Å². The standard InChI is InChI=1S/C16H32N2Si/c19-15-9-1-4-10-16(17-11-5-2-6-12-17)18-13-7-3-8-14-18/h9,15-16H,1-8,10-14H2,19H3. The minimum atomic E-state index is 0.753. The molecule has 2 rings (SSSR count). The molecule has 0 aromatic carbocycles. The largest absolute Gasteiger partial charge is 0.288 e. The summed E-state index contributed by atoms with van der Waals surface area (Å²) in [5, 5.41) is 0. The van der Waals surface area contributed by atoms with E-state index in [1.807, 2.05) is 0 Å². The van der Waals surface area contributed by atoms with Crippen LogP contribution in [0.4, 0.5) is 0 Å². The van der Waals surface area contributed by atoms with Gasteiger partial charge in [0.15, 0.2) is 0 Å². The van der Waals surface area contributed by atoms with Gasteiger partial charge in [-0.3, -0.25) is 9.80 Å². The van der Waals surface area contributed by atoms with Crippen molar-refractivity contribution in [3.05, 3.63) is 11.8 Å². The molecule has 0 saturated carbocycles. The SMILES string of the molecule is [SiH3]C=CCCCC(N1CCCCC1)N1CCCCC1. The Kier molecular flexibility index (Phi) is 7.18. The molecule has 0 radical (unpaired) electrons. The first-order chi connectivity index (χ1) is 9.42. The molecule has 110 valence electrons. The third-order valence-electron chi connectivity index (χ3n) is 4.69. The van der Waals surface area contributed by atoms with Crippen molar-refractivity contribution in [1.29, 1.82) is 0 Å². The van der Waals surface area contributed by atoms with Gasteiger partial charge < -0.3 is 0 Å². The van der Waals surface area contributed by atoms with Gasteiger partial charge in [0.2, 0.25) is 0 Å². The van der Waals surface area contributed by atoms with Gasteiger partial charge in [-0.15, -0.1) is 5.70 Å². The topological polar surface area (TPSA) is 6.48 Å². The van der Waals surface area contributed by atoms with E-state index in [0.717, 1.165) is 6.17 Å². The molecular formula is C16H32N2Si. The molecule has 2 aliphatic rings. The zero-order valence-electron chi connectivity index (χ0n) is 12.8. The molecule has 0 N–H and O–H groups in total. The molecule has 2 heterocycles. The summed E-state index contributed by atoms with van der Waals surface area (Å²) in [5.74, 6) is 0. The van der Waals surface area contributed by atoms with Crippen molar-refractivity contribution in [2.75, 3.05) is 26.2 Å². The van der Waals surface area contributed by atoms with Gasteiger partial charge in [-0.25, -0.2) is 0 Å². The van der Waals surface area contributed by atoms with Gasteiger partial charge in [0, 0.05) is 10.2 Å². The molecule has 0 aliphatic carbocycles. The van der Waals surface area contributed by atoms with Gasteiger partial charge in [0.1, 0.15) is 0 Å². The summed E-state index contributed by atoms with van der Waals surface area (Å²) in [5.41, 5.74) is 2.33. The normalized spacial score (nSPS) is 23.6. The Hall–Kier alpha value is -0.123. The van der Waals surface area contributed by atoms with E-state index < -0.39 is 0 Å². The average Bonchev–Trinajstić information content (AvgIpc) is 2.49. The quantitative estimate of drug-likeness (QED) is 0.544. The van der Waals surface area contributed by atoms with E-state index in [-0.39, 0.29) is 0 Å². The second kappa shape index (κ2) is 8.93. The number of allylic oxidation sites excluding steroid dienone is 1. The van der Waals surface area contributed by atoms with Gasteiger partial charge in [-0.2, -0.15) is 0 Å². The summed E-state index contributed by atoms with van der Waals surface area (Å²) < 4.78 is 0. The zero-order valence-corrected chi connectivity index (χ0v) is 14.8. The number of hydrogen-bond acceptors (Lipinski definition) is 2. The first kappa shape index (κ1) is 15.3. The van der Waals surface area contributed by atoms with Gasteiger partial charge in [0.05, 0.1) is 6.17 Å². The number of unbranched alkanes of at least 4 members (excludes halogenated alkanes) is 1. The molecule has 0 atom stereocenters. The number of rotatable bonds is 6. The van der Waals surface area contributed by atoms with Crippen molar-refractivity contribution in [2.24, 2.45) is 0 Å². The van der Waals surface area contributed by atoms with Crippen LogP contribution in [0.25, 0.3) is 0 Å². The van der Waals surface area contributed by atoms with Gasteiger partial charge in [-0.1, -0.05) is 18.9 Å². The first-order valence-corrected chi connectivity index (χ1v) is 9.66. The van der Waals surface area contributed by atoms with Crippen LogP contribution in [-0.4, -0.2) is 52.4 Å². The second-order valence-electron chi connectivity index (χ2n) is 6.17. The van der Waals surface area contributed by atoms with Crippen LogP contribution < -0.4 is 0 Å². The average molecular weight is 281 g/mol. The molecular weight excluding hydrogens is 248 g/mol. The van der Waals surface area contributed by atoms with Crippen LogP contribution in [0.2, 0.25) is 0 Å². The molecule has 2 aliphatic heterocycles. The molecule has 2 fully saturated rings. The van der Waals surface area contributed by atoms with E-state index in [9.17, 15) is 0 Å². The lowest BCUT2D eigenvalue weighted by atomic mass is 10.0. The van der Waals surface area contributed by atoms with E-state index in [1.54, 1.807) is 0 Å². The molecule has 0 unspecified atom stereocenters. The maximum atomic E-state index is 2.79. The van der Waals surface area contributed by atoms with Crippen molar-refractivity contribution in [1.82, 2.24) is 9.80 Å². The summed E-state index contributed by atoms with van der Waals surface area (Å²) in [6.45, 7) is 5.38. The lowest BCUT2D eigenvalue weighted by molar-refractivity contribution is 0.0109. The third kappa shape index (κ3) is 5.05. The minimum absolute atomic E-state index is 0.753. The highest BCUT2D eigenvalue weighted by Gasteiger charge is 2.26. The predicted octanol–water partition coefficient (Wildman–Crippen LogP) is 2.33. The summed E-state index contributed by atoms with van der Waals surface area (Å²) in [7, 11) is 1.22. The van der Waals surface area contributed by atoms with Crippen molar-refractivity contribution >= 4 is 10.2 Å². The second-order valence-corrected chi connectivity index (χ2v) is 6.84. The fourth-order valence-electron chi connectivity index (χ4n) is 3.61. The highest BCUT2D eigenvalue weighted by molar-refractivity contribution is 6.16. The van der Waals surface area contributed by atoms with Gasteiger partial charge in [0.25, 0.3) is 0 Å². The zero-order chi connectivity index (χ0) is 13.3. The van der Waals surface area contributed by atoms with Crippen LogP contribution in [0, 0.1) is 0 Å². The number of piperidine rings is 2. The number of likely N-dealkylation sites (tertiary alicyclic amines) is 2. The van der Waals surface area contributed by atoms with E-state index in [1.165, 1.54) is 94.2 Å². The minimum Gasteiger partial charge on any atom is -0.288 e. The Bertz CT molecular complexity index is 237. The van der Waals surface area contributed by atoms with E-state index in [0.29, 0.717) is 0 Å². The van der Waals surface area contributed by atoms with E-state index >= 15 is 0 Å². The van der Waals surface area contributed by atoms with Crippen molar-refractivity contribution in [3.63, 3.8) is 0 Å². The smallest absolute Gasteiger partial charge is 0.0622 e. The van der Waals surface area contributed by atoms with Gasteiger partial charge in [-0.05, 0) is 71.1 Å². The molecule has 0 spiro atoms. The van der Waals surface area contributed by atoms with E-state index in [2.05, 4.69) is 21.6 Å². The molecule has 0 aromatic rings. The molecule has 19 heavy (non-hydrogen) atoms. The predicted molar refractivity (Wildman–Crippen MR) is 87.6 cm³/mol. The maximum absolute atomic E-state index is 2.79. The first-order valence-electron chi connectivity index (χ1n) is 8.51. The summed E-state index contributed by atoms with van der Waals surface area (Å²) in [4.78, 5) is 5.58. The Balaban J connectivity index is 1.86. The lowest BCUT2D eigenvalue weighted by Crippen LogP contribution is -2.51. The van der Waals surface area contributed by atoms with Crippen molar-refractivity contribution in [3.8, 4) is 0 Å². The lowest BCUT2D eigenvalue weighted by Gasteiger charge is -2.43. The third-order valence-corrected chi connectivity index (χ3v) is 5.16. The van der Waals surface area contributed by atoms with Crippen LogP contribution in [-0.2, 0) is 0 Å². The van der Waals surface area contributed by atoms with E-state index in [4.69, 9.17) is 0 Å². The fourth-order valence-corrected chi connectivity index (χ4v) is 3.95.